The number of hydrogen-bond acceptors (Lipinski definition) is 7. The van der Waals surface area contributed by atoms with Crippen molar-refractivity contribution in [3.8, 4) is 5.75 Å². The molecule has 11 nitrogen and oxygen atoms in total. The first-order chi connectivity index (χ1) is 15.7. The predicted octanol–water partition coefficient (Wildman–Crippen LogP) is 1.51. The molecule has 4 rings (SSSR count). The second-order valence-electron chi connectivity index (χ2n) is 7.05. The molecule has 33 heavy (non-hydrogen) atoms. The van der Waals surface area contributed by atoms with E-state index in [-0.39, 0.29) is 10.6 Å². The summed E-state index contributed by atoms with van der Waals surface area (Å²) >= 11 is 0. The van der Waals surface area contributed by atoms with Crippen LogP contribution in [0.1, 0.15) is 0 Å². The first-order valence-electron chi connectivity index (χ1n) is 9.56. The second-order valence-corrected chi connectivity index (χ2v) is 8.65. The van der Waals surface area contributed by atoms with Crippen LogP contribution in [-0.4, -0.2) is 31.7 Å². The Kier molecular flexibility index (Phi) is 5.74. The molecule has 1 unspecified atom stereocenters. The van der Waals surface area contributed by atoms with Gasteiger partial charge in [-0.25, -0.2) is 10.2 Å². The fraction of sp³-hybridized carbons (Fsp3) is 0.0476. The Morgan fingerprint density at radius 2 is 1.79 bits per heavy atom. The minimum absolute atomic E-state index is 0.0707. The lowest BCUT2D eigenvalue weighted by Crippen LogP contribution is -2.99. The summed E-state index contributed by atoms with van der Waals surface area (Å²) in [5.41, 5.74) is 12.8. The molecule has 0 spiro atoms. The Morgan fingerprint density at radius 1 is 1.06 bits per heavy atom. The maximum atomic E-state index is 12.2. The summed E-state index contributed by atoms with van der Waals surface area (Å²) in [6, 6.07) is 15.9. The monoisotopic (exact) mass is 468 g/mol. The van der Waals surface area contributed by atoms with Crippen molar-refractivity contribution in [1.29, 1.82) is 0 Å². The third-order valence-electron chi connectivity index (χ3n) is 4.88. The van der Waals surface area contributed by atoms with Gasteiger partial charge in [-0.2, -0.15) is 13.6 Å². The quantitative estimate of drug-likeness (QED) is 0.121. The van der Waals surface area contributed by atoms with Crippen LogP contribution in [0.4, 0.5) is 17.1 Å². The molecule has 12 heteroatoms. The Labute approximate surface area is 188 Å². The Morgan fingerprint density at radius 3 is 2.42 bits per heavy atom. The van der Waals surface area contributed by atoms with E-state index in [1.54, 1.807) is 37.4 Å². The number of nitrogens with one attached hydrogen (secondary N) is 2. The topological polar surface area (TPSA) is 180 Å². The van der Waals surface area contributed by atoms with E-state index < -0.39 is 21.2 Å². The average Bonchev–Trinajstić information content (AvgIpc) is 2.77. The third kappa shape index (κ3) is 4.49. The standard InChI is InChI=1S/C21H20N6O5S/c1-32-14-5-9-18-17(11-14)20(16-8-4-13(27(28)29)10-19(16)25-18)24-12-2-6-15(7-3-12)33(30,31)26-21(22)23/h2-11,27-28H,1H3,(H,24,25)(H4,22,23,26). The largest absolute Gasteiger partial charge is 0.595 e. The molecule has 7 N–H and O–H groups in total. The van der Waals surface area contributed by atoms with Gasteiger partial charge in [0.15, 0.2) is 5.69 Å². The van der Waals surface area contributed by atoms with Gasteiger partial charge in [0.1, 0.15) is 5.75 Å². The van der Waals surface area contributed by atoms with Crippen molar-refractivity contribution in [3.05, 3.63) is 65.9 Å². The van der Waals surface area contributed by atoms with Gasteiger partial charge in [-0.15, -0.1) is 4.40 Å². The van der Waals surface area contributed by atoms with Gasteiger partial charge in [0, 0.05) is 28.6 Å². The van der Waals surface area contributed by atoms with Gasteiger partial charge in [0.05, 0.1) is 28.7 Å². The van der Waals surface area contributed by atoms with Crippen LogP contribution in [0.5, 0.6) is 5.75 Å². The lowest BCUT2D eigenvalue weighted by atomic mass is 10.1. The van der Waals surface area contributed by atoms with Crippen LogP contribution in [0.3, 0.4) is 0 Å². The number of aromatic nitrogens is 1. The number of guanidine groups is 1. The molecule has 0 aliphatic rings. The number of ether oxygens (including phenoxy) is 1. The first kappa shape index (κ1) is 22.2. The molecule has 0 aliphatic carbocycles. The second kappa shape index (κ2) is 8.52. The molecule has 0 aliphatic heterocycles. The molecule has 4 aromatic rings. The fourth-order valence-electron chi connectivity index (χ4n) is 3.36. The van der Waals surface area contributed by atoms with E-state index in [4.69, 9.17) is 16.2 Å². The zero-order valence-electron chi connectivity index (χ0n) is 17.3. The summed E-state index contributed by atoms with van der Waals surface area (Å²) in [6.45, 7) is 0. The van der Waals surface area contributed by atoms with Crippen LogP contribution in [0.25, 0.3) is 21.8 Å². The molecule has 0 fully saturated rings. The number of nitrogens with zero attached hydrogens (tertiary/aromatic N) is 2. The van der Waals surface area contributed by atoms with Crippen molar-refractivity contribution < 1.29 is 23.6 Å². The van der Waals surface area contributed by atoms with Crippen molar-refractivity contribution in [2.24, 2.45) is 15.9 Å². The van der Waals surface area contributed by atoms with E-state index in [2.05, 4.69) is 14.7 Å². The maximum Gasteiger partial charge on any atom is 0.285 e. The van der Waals surface area contributed by atoms with E-state index in [9.17, 15) is 18.8 Å². The van der Waals surface area contributed by atoms with Crippen LogP contribution in [-0.2, 0) is 10.0 Å². The van der Waals surface area contributed by atoms with Gasteiger partial charge in [-0.05, 0) is 48.5 Å². The van der Waals surface area contributed by atoms with E-state index in [0.29, 0.717) is 33.5 Å². The molecule has 1 aromatic heterocycles. The molecular formula is C21H20N6O5S. The van der Waals surface area contributed by atoms with Crippen LogP contribution in [0.15, 0.2) is 70.0 Å². The van der Waals surface area contributed by atoms with E-state index in [1.165, 1.54) is 24.3 Å². The first-order valence-corrected chi connectivity index (χ1v) is 11.0. The van der Waals surface area contributed by atoms with Crippen LogP contribution >= 0.6 is 0 Å². The molecule has 0 bridgehead atoms. The Hall–Kier alpha value is -3.97. The molecule has 1 heterocycles. The number of sulfonamides is 1. The van der Waals surface area contributed by atoms with Gasteiger partial charge >= 0.3 is 0 Å². The summed E-state index contributed by atoms with van der Waals surface area (Å²) < 4.78 is 33.0. The van der Waals surface area contributed by atoms with Crippen molar-refractivity contribution in [2.75, 3.05) is 12.4 Å². The molecule has 170 valence electrons. The number of hydrogen-bond donors (Lipinski definition) is 5. The van der Waals surface area contributed by atoms with E-state index in [0.717, 1.165) is 5.39 Å². The van der Waals surface area contributed by atoms with Gasteiger partial charge in [-0.1, -0.05) is 0 Å². The van der Waals surface area contributed by atoms with Crippen molar-refractivity contribution in [2.45, 2.75) is 4.90 Å². The molecule has 0 radical (unpaired) electrons. The van der Waals surface area contributed by atoms with E-state index >= 15 is 0 Å². The zero-order valence-corrected chi connectivity index (χ0v) is 18.1. The summed E-state index contributed by atoms with van der Waals surface area (Å²) in [5, 5.41) is 24.4. The number of nitrogens with two attached hydrogens (primary N) is 2. The predicted molar refractivity (Wildman–Crippen MR) is 124 cm³/mol. The molecule has 0 saturated carbocycles. The lowest BCUT2D eigenvalue weighted by Gasteiger charge is -2.16. The normalized spacial score (nSPS) is 12.5. The van der Waals surface area contributed by atoms with E-state index in [1.807, 2.05) is 6.07 Å². The number of rotatable bonds is 6. The highest BCUT2D eigenvalue weighted by Gasteiger charge is 2.15. The highest BCUT2D eigenvalue weighted by Crippen LogP contribution is 2.35. The number of anilines is 2. The molecule has 3 aromatic carbocycles. The van der Waals surface area contributed by atoms with Gasteiger partial charge in [0.25, 0.3) is 10.0 Å². The number of fused-ring (bicyclic) bond motifs is 2. The number of pyridine rings is 1. The van der Waals surface area contributed by atoms with Crippen LogP contribution < -0.4 is 26.7 Å². The highest BCUT2D eigenvalue weighted by atomic mass is 32.2. The lowest BCUT2D eigenvalue weighted by molar-refractivity contribution is -0.991. The summed E-state index contributed by atoms with van der Waals surface area (Å²) in [5.74, 6) is 0.0640. The van der Waals surface area contributed by atoms with Crippen molar-refractivity contribution in [1.82, 2.24) is 4.98 Å². The summed E-state index contributed by atoms with van der Waals surface area (Å²) in [6.07, 6.45) is 0. The average molecular weight is 468 g/mol. The summed E-state index contributed by atoms with van der Waals surface area (Å²) in [4.78, 5) is 4.53. The van der Waals surface area contributed by atoms with Gasteiger partial charge < -0.3 is 26.7 Å². The number of benzene rings is 3. The van der Waals surface area contributed by atoms with Gasteiger partial charge in [0.2, 0.25) is 5.96 Å². The SMILES string of the molecule is COc1ccc2nc3cc([NH+]([O-])O)ccc3c(Nc3ccc(S(=O)(=O)N=C(N)N)cc3)c2c1. The van der Waals surface area contributed by atoms with Crippen molar-refractivity contribution in [3.63, 3.8) is 0 Å². The smallest absolute Gasteiger partial charge is 0.285 e. The molecule has 0 saturated heterocycles. The third-order valence-corrected chi connectivity index (χ3v) is 6.19. The molecule has 0 amide bonds. The Balaban J connectivity index is 1.85. The summed E-state index contributed by atoms with van der Waals surface area (Å²) in [7, 11) is -2.46. The van der Waals surface area contributed by atoms with Gasteiger partial charge in [-0.3, -0.25) is 0 Å². The minimum atomic E-state index is -4.01. The molecule has 1 atom stereocenters. The molecular weight excluding hydrogens is 448 g/mol. The van der Waals surface area contributed by atoms with Crippen LogP contribution in [0, 0.1) is 5.21 Å². The Bertz CT molecular complexity index is 1480. The zero-order chi connectivity index (χ0) is 23.8. The highest BCUT2D eigenvalue weighted by molar-refractivity contribution is 7.90. The van der Waals surface area contributed by atoms with Crippen LogP contribution in [0.2, 0.25) is 0 Å². The maximum absolute atomic E-state index is 12.2. The van der Waals surface area contributed by atoms with Crippen molar-refractivity contribution >= 4 is 54.9 Å². The minimum Gasteiger partial charge on any atom is -0.595 e. The number of quaternary nitrogens is 1. The fourth-order valence-corrected chi connectivity index (χ4v) is 4.23. The number of methoxy groups -OCH3 is 1.